The zero-order valence-corrected chi connectivity index (χ0v) is 28.0. The van der Waals surface area contributed by atoms with Crippen molar-refractivity contribution in [2.75, 3.05) is 50.2 Å². The molecule has 3 aliphatic rings. The van der Waals surface area contributed by atoms with Crippen LogP contribution in [0.1, 0.15) is 76.5 Å². The number of hydrogen-bond donors (Lipinski definition) is 0. The Morgan fingerprint density at radius 1 is 0.978 bits per heavy atom. The molecular formula is C35H42ClN5O4. The van der Waals surface area contributed by atoms with Crippen LogP contribution in [0.5, 0.6) is 0 Å². The van der Waals surface area contributed by atoms with E-state index in [0.717, 1.165) is 64.8 Å². The minimum atomic E-state index is -0.487. The van der Waals surface area contributed by atoms with E-state index < -0.39 is 5.54 Å². The number of aryl methyl sites for hydroxylation is 3. The van der Waals surface area contributed by atoms with Crippen LogP contribution in [0.25, 0.3) is 0 Å². The van der Waals surface area contributed by atoms with Crippen molar-refractivity contribution in [2.24, 2.45) is 0 Å². The van der Waals surface area contributed by atoms with E-state index in [-0.39, 0.29) is 23.4 Å². The average molecular weight is 632 g/mol. The van der Waals surface area contributed by atoms with Crippen LogP contribution in [0, 0.1) is 20.8 Å². The Hall–Kier alpha value is -3.69. The maximum absolute atomic E-state index is 14.2. The van der Waals surface area contributed by atoms with Crippen LogP contribution in [0.15, 0.2) is 36.4 Å². The predicted octanol–water partition coefficient (Wildman–Crippen LogP) is 6.17. The maximum atomic E-state index is 14.2. The molecule has 10 heteroatoms. The van der Waals surface area contributed by atoms with Gasteiger partial charge in [-0.15, -0.1) is 0 Å². The molecule has 238 valence electrons. The van der Waals surface area contributed by atoms with Crippen molar-refractivity contribution in [3.05, 3.63) is 75.2 Å². The van der Waals surface area contributed by atoms with Crippen LogP contribution in [-0.4, -0.2) is 78.8 Å². The van der Waals surface area contributed by atoms with E-state index in [2.05, 4.69) is 41.8 Å². The molecule has 1 saturated carbocycles. The van der Waals surface area contributed by atoms with E-state index in [4.69, 9.17) is 31.0 Å². The second-order valence-electron chi connectivity index (χ2n) is 13.4. The molecule has 1 amide bonds. The average Bonchev–Trinajstić information content (AvgIpc) is 3.57. The second kappa shape index (κ2) is 11.6. The van der Waals surface area contributed by atoms with Gasteiger partial charge in [0.05, 0.1) is 41.4 Å². The molecule has 2 aromatic heterocycles. The Morgan fingerprint density at radius 3 is 2.40 bits per heavy atom. The fourth-order valence-corrected chi connectivity index (χ4v) is 7.67. The summed E-state index contributed by atoms with van der Waals surface area (Å²) in [6.07, 6.45) is 2.96. The van der Waals surface area contributed by atoms with E-state index in [1.807, 2.05) is 43.9 Å². The zero-order valence-electron chi connectivity index (χ0n) is 27.2. The third-order valence-corrected chi connectivity index (χ3v) is 10.4. The van der Waals surface area contributed by atoms with Crippen molar-refractivity contribution in [2.45, 2.75) is 70.9 Å². The summed E-state index contributed by atoms with van der Waals surface area (Å²) in [5, 5.41) is 0.745. The second-order valence-corrected chi connectivity index (χ2v) is 13.8. The van der Waals surface area contributed by atoms with Crippen LogP contribution in [0.3, 0.4) is 0 Å². The van der Waals surface area contributed by atoms with Gasteiger partial charge in [0.25, 0.3) is 5.91 Å². The Kier molecular flexibility index (Phi) is 8.06. The Morgan fingerprint density at radius 2 is 1.76 bits per heavy atom. The SMILES string of the molecule is COC(=O)c1c(C)cc(N2CCN(C(=O)c3ccc4c(n3)C3(CC[C@H](OC)C3)CN4c3ccc(Cl)c(C)c3)C(C)(C)C2)nc1C. The largest absolute Gasteiger partial charge is 0.465 e. The monoisotopic (exact) mass is 631 g/mol. The fraction of sp³-hybridized carbons (Fsp3) is 0.486. The summed E-state index contributed by atoms with van der Waals surface area (Å²) >= 11 is 6.37. The smallest absolute Gasteiger partial charge is 0.339 e. The number of carbonyl (C=O) groups excluding carboxylic acids is 2. The van der Waals surface area contributed by atoms with Gasteiger partial charge in [-0.25, -0.2) is 14.8 Å². The van der Waals surface area contributed by atoms with E-state index >= 15 is 0 Å². The van der Waals surface area contributed by atoms with Crippen LogP contribution >= 0.6 is 11.6 Å². The highest BCUT2D eigenvalue weighted by atomic mass is 35.5. The molecule has 6 rings (SSSR count). The normalized spacial score (nSPS) is 22.2. The minimum absolute atomic E-state index is 0.0685. The van der Waals surface area contributed by atoms with Crippen LogP contribution in [-0.2, 0) is 14.9 Å². The number of halogens is 1. The first kappa shape index (κ1) is 31.3. The number of carbonyl (C=O) groups is 2. The Labute approximate surface area is 270 Å². The van der Waals surface area contributed by atoms with E-state index in [1.165, 1.54) is 7.11 Å². The first-order valence-corrected chi connectivity index (χ1v) is 16.0. The summed E-state index contributed by atoms with van der Waals surface area (Å²) in [7, 11) is 3.16. The van der Waals surface area contributed by atoms with Crippen LogP contribution in [0.4, 0.5) is 17.2 Å². The maximum Gasteiger partial charge on any atom is 0.339 e. The summed E-state index contributed by atoms with van der Waals surface area (Å²) in [5.41, 5.74) is 5.88. The number of benzene rings is 1. The molecule has 4 heterocycles. The molecule has 1 saturated heterocycles. The van der Waals surface area contributed by atoms with Crippen LogP contribution in [0.2, 0.25) is 5.02 Å². The Balaban J connectivity index is 1.28. The number of fused-ring (bicyclic) bond motifs is 2. The summed E-state index contributed by atoms with van der Waals surface area (Å²) < 4.78 is 10.8. The first-order valence-electron chi connectivity index (χ1n) is 15.6. The van der Waals surface area contributed by atoms with Crippen molar-refractivity contribution >= 4 is 40.7 Å². The van der Waals surface area contributed by atoms with Gasteiger partial charge in [0, 0.05) is 49.4 Å². The summed E-state index contributed by atoms with van der Waals surface area (Å²) in [6.45, 7) is 12.4. The van der Waals surface area contributed by atoms with Gasteiger partial charge >= 0.3 is 5.97 Å². The lowest BCUT2D eigenvalue weighted by Gasteiger charge is -2.47. The van der Waals surface area contributed by atoms with Crippen LogP contribution < -0.4 is 9.80 Å². The van der Waals surface area contributed by atoms with Gasteiger partial charge in [-0.3, -0.25) is 4.79 Å². The molecule has 9 nitrogen and oxygen atoms in total. The van der Waals surface area contributed by atoms with Gasteiger partial charge in [0.2, 0.25) is 0 Å². The van der Waals surface area contributed by atoms with Crippen molar-refractivity contribution < 1.29 is 19.1 Å². The molecule has 0 bridgehead atoms. The zero-order chi connectivity index (χ0) is 32.3. The molecule has 0 radical (unpaired) electrons. The number of aromatic nitrogens is 2. The molecule has 1 aromatic carbocycles. The number of hydrogen-bond acceptors (Lipinski definition) is 8. The van der Waals surface area contributed by atoms with E-state index in [9.17, 15) is 9.59 Å². The number of ether oxygens (including phenoxy) is 2. The highest BCUT2D eigenvalue weighted by Crippen LogP contribution is 2.52. The number of piperazine rings is 1. The molecule has 0 N–H and O–H groups in total. The number of amides is 1. The van der Waals surface area contributed by atoms with Crippen molar-refractivity contribution in [3.63, 3.8) is 0 Å². The van der Waals surface area contributed by atoms with Crippen molar-refractivity contribution in [1.29, 1.82) is 0 Å². The number of pyridine rings is 2. The third-order valence-electron chi connectivity index (χ3n) is 9.94. The van der Waals surface area contributed by atoms with Gasteiger partial charge in [0.15, 0.2) is 0 Å². The number of anilines is 3. The van der Waals surface area contributed by atoms with Gasteiger partial charge in [0.1, 0.15) is 11.5 Å². The Bertz CT molecular complexity index is 1650. The fourth-order valence-electron chi connectivity index (χ4n) is 7.55. The number of nitrogens with zero attached hydrogens (tertiary/aromatic N) is 5. The molecule has 1 aliphatic carbocycles. The van der Waals surface area contributed by atoms with E-state index in [1.54, 1.807) is 7.11 Å². The van der Waals surface area contributed by atoms with E-state index in [0.29, 0.717) is 36.6 Å². The van der Waals surface area contributed by atoms with Gasteiger partial charge in [-0.05, 0) is 101 Å². The number of rotatable bonds is 5. The van der Waals surface area contributed by atoms with Crippen molar-refractivity contribution in [1.82, 2.24) is 14.9 Å². The lowest BCUT2D eigenvalue weighted by molar-refractivity contribution is 0.0505. The molecule has 45 heavy (non-hydrogen) atoms. The molecule has 2 aliphatic heterocycles. The molecule has 1 unspecified atom stereocenters. The lowest BCUT2D eigenvalue weighted by atomic mass is 9.84. The molecule has 2 fully saturated rings. The van der Waals surface area contributed by atoms with Gasteiger partial charge < -0.3 is 24.2 Å². The molecule has 3 aromatic rings. The molecular weight excluding hydrogens is 590 g/mol. The lowest BCUT2D eigenvalue weighted by Crippen LogP contribution is -2.61. The minimum Gasteiger partial charge on any atom is -0.465 e. The number of methoxy groups -OCH3 is 2. The topological polar surface area (TPSA) is 88.1 Å². The van der Waals surface area contributed by atoms with Crippen molar-refractivity contribution in [3.8, 4) is 0 Å². The first-order chi connectivity index (χ1) is 21.4. The van der Waals surface area contributed by atoms with Gasteiger partial charge in [-0.2, -0.15) is 0 Å². The highest BCUT2D eigenvalue weighted by molar-refractivity contribution is 6.31. The summed E-state index contributed by atoms with van der Waals surface area (Å²) in [6, 6.07) is 12.0. The summed E-state index contributed by atoms with van der Waals surface area (Å²) in [5.74, 6) is 0.341. The summed E-state index contributed by atoms with van der Waals surface area (Å²) in [4.78, 5) is 42.8. The van der Waals surface area contributed by atoms with Gasteiger partial charge in [-0.1, -0.05) is 11.6 Å². The third kappa shape index (κ3) is 5.44. The number of esters is 1. The molecule has 1 spiro atoms. The quantitative estimate of drug-likeness (QED) is 0.309. The molecule has 2 atom stereocenters. The highest BCUT2D eigenvalue weighted by Gasteiger charge is 2.50. The standard InChI is InChI=1S/C35H42ClN5O4/c1-21-16-24(8-9-26(21)36)40-20-35(13-12-25(18-35)44-6)31-28(40)11-10-27(38-31)32(42)41-15-14-39(19-34(41,4)5)29-17-22(2)30(23(3)37-29)33(43)45-7/h8-11,16-17,25H,12-15,18-20H2,1-7H3/t25-,35?/m0/s1. The predicted molar refractivity (Wildman–Crippen MR) is 176 cm³/mol.